The Hall–Kier alpha value is -0.570. The number of rotatable bonds is 13. The summed E-state index contributed by atoms with van der Waals surface area (Å²) in [5.41, 5.74) is 0. The number of hydrogen-bond acceptors (Lipinski definition) is 3. The van der Waals surface area contributed by atoms with E-state index in [9.17, 15) is 4.79 Å². The zero-order valence-electron chi connectivity index (χ0n) is 13.4. The summed E-state index contributed by atoms with van der Waals surface area (Å²) < 4.78 is 10.7. The van der Waals surface area contributed by atoms with Crippen molar-refractivity contribution in [2.45, 2.75) is 96.7 Å². The molecular weight excluding hydrogens is 252 g/mol. The third kappa shape index (κ3) is 8.57. The Bertz CT molecular complexity index is 253. The van der Waals surface area contributed by atoms with Crippen molar-refractivity contribution in [3.63, 3.8) is 0 Å². The highest BCUT2D eigenvalue weighted by atomic mass is 16.6. The van der Waals surface area contributed by atoms with Crippen molar-refractivity contribution in [2.24, 2.45) is 0 Å². The molecule has 1 rings (SSSR count). The Morgan fingerprint density at radius 1 is 0.900 bits per heavy atom. The standard InChI is InChI=1S/C17H32O3/c1-3-11-15-16(20-15)12-9-7-5-6-8-10-13-17(18)19-14-4-2/h15-16H,3-14H2,1-2H3. The van der Waals surface area contributed by atoms with Crippen LogP contribution in [0.4, 0.5) is 0 Å². The second-order valence-corrected chi connectivity index (χ2v) is 5.88. The molecule has 1 heterocycles. The van der Waals surface area contributed by atoms with Crippen LogP contribution in [-0.4, -0.2) is 24.8 Å². The molecule has 0 aromatic carbocycles. The maximum Gasteiger partial charge on any atom is 0.305 e. The number of ether oxygens (including phenoxy) is 2. The first-order valence-electron chi connectivity index (χ1n) is 8.59. The summed E-state index contributed by atoms with van der Waals surface area (Å²) in [7, 11) is 0. The van der Waals surface area contributed by atoms with Crippen LogP contribution in [0.2, 0.25) is 0 Å². The van der Waals surface area contributed by atoms with E-state index in [1.54, 1.807) is 0 Å². The van der Waals surface area contributed by atoms with Crippen molar-refractivity contribution in [3.05, 3.63) is 0 Å². The van der Waals surface area contributed by atoms with E-state index in [1.807, 2.05) is 6.92 Å². The fraction of sp³-hybridized carbons (Fsp3) is 0.941. The van der Waals surface area contributed by atoms with Crippen molar-refractivity contribution in [3.8, 4) is 0 Å². The molecule has 1 fully saturated rings. The number of hydrogen-bond donors (Lipinski definition) is 0. The van der Waals surface area contributed by atoms with E-state index in [4.69, 9.17) is 9.47 Å². The number of carbonyl (C=O) groups excluding carboxylic acids is 1. The van der Waals surface area contributed by atoms with Gasteiger partial charge in [-0.3, -0.25) is 4.79 Å². The SMILES string of the molecule is CCCOC(=O)CCCCCCCCC1OC1CCC. The van der Waals surface area contributed by atoms with Crippen LogP contribution in [0.5, 0.6) is 0 Å². The summed E-state index contributed by atoms with van der Waals surface area (Å²) in [6.45, 7) is 4.81. The van der Waals surface area contributed by atoms with Crippen LogP contribution < -0.4 is 0 Å². The first kappa shape index (κ1) is 17.5. The van der Waals surface area contributed by atoms with Gasteiger partial charge in [0.25, 0.3) is 0 Å². The summed E-state index contributed by atoms with van der Waals surface area (Å²) in [6, 6.07) is 0. The molecule has 2 unspecified atom stereocenters. The summed E-state index contributed by atoms with van der Waals surface area (Å²) in [5, 5.41) is 0. The quantitative estimate of drug-likeness (QED) is 0.281. The maximum atomic E-state index is 11.3. The Labute approximate surface area is 124 Å². The van der Waals surface area contributed by atoms with Gasteiger partial charge in [0.1, 0.15) is 0 Å². The molecule has 3 heteroatoms. The largest absolute Gasteiger partial charge is 0.466 e. The lowest BCUT2D eigenvalue weighted by Crippen LogP contribution is -2.04. The zero-order valence-corrected chi connectivity index (χ0v) is 13.4. The highest BCUT2D eigenvalue weighted by Gasteiger charge is 2.36. The zero-order chi connectivity index (χ0) is 14.6. The number of carbonyl (C=O) groups is 1. The van der Waals surface area contributed by atoms with Gasteiger partial charge in [0.15, 0.2) is 0 Å². The first-order valence-corrected chi connectivity index (χ1v) is 8.59. The Balaban J connectivity index is 1.76. The van der Waals surface area contributed by atoms with E-state index in [0.717, 1.165) is 19.3 Å². The monoisotopic (exact) mass is 284 g/mol. The summed E-state index contributed by atoms with van der Waals surface area (Å²) in [6.07, 6.45) is 13.6. The summed E-state index contributed by atoms with van der Waals surface area (Å²) in [5.74, 6) is -0.0281. The van der Waals surface area contributed by atoms with Gasteiger partial charge in [0.05, 0.1) is 18.8 Å². The predicted molar refractivity (Wildman–Crippen MR) is 81.8 cm³/mol. The van der Waals surface area contributed by atoms with Crippen LogP contribution in [-0.2, 0) is 14.3 Å². The normalized spacial score (nSPS) is 20.9. The van der Waals surface area contributed by atoms with Crippen molar-refractivity contribution >= 4 is 5.97 Å². The smallest absolute Gasteiger partial charge is 0.305 e. The highest BCUT2D eigenvalue weighted by molar-refractivity contribution is 5.69. The van der Waals surface area contributed by atoms with Crippen molar-refractivity contribution in [2.75, 3.05) is 6.61 Å². The van der Waals surface area contributed by atoms with Crippen molar-refractivity contribution in [1.82, 2.24) is 0 Å². The molecule has 0 saturated carbocycles. The second kappa shape index (κ2) is 11.1. The Morgan fingerprint density at radius 2 is 1.55 bits per heavy atom. The maximum absolute atomic E-state index is 11.3. The lowest BCUT2D eigenvalue weighted by molar-refractivity contribution is -0.143. The molecule has 0 amide bonds. The molecule has 0 radical (unpaired) electrons. The average Bonchev–Trinajstić information content (AvgIpc) is 3.18. The molecule has 0 N–H and O–H groups in total. The Kier molecular flexibility index (Phi) is 9.73. The molecule has 0 spiro atoms. The van der Waals surface area contributed by atoms with Crippen molar-refractivity contribution < 1.29 is 14.3 Å². The average molecular weight is 284 g/mol. The van der Waals surface area contributed by atoms with E-state index < -0.39 is 0 Å². The van der Waals surface area contributed by atoms with Gasteiger partial charge in [-0.25, -0.2) is 0 Å². The third-order valence-electron chi connectivity index (χ3n) is 3.85. The highest BCUT2D eigenvalue weighted by Crippen LogP contribution is 2.30. The first-order chi connectivity index (χ1) is 9.77. The van der Waals surface area contributed by atoms with Crippen molar-refractivity contribution in [1.29, 1.82) is 0 Å². The van der Waals surface area contributed by atoms with Crippen LogP contribution >= 0.6 is 0 Å². The van der Waals surface area contributed by atoms with Gasteiger partial charge < -0.3 is 9.47 Å². The number of epoxide rings is 1. The van der Waals surface area contributed by atoms with E-state index in [-0.39, 0.29) is 5.97 Å². The molecule has 20 heavy (non-hydrogen) atoms. The van der Waals surface area contributed by atoms with Gasteiger partial charge in [-0.1, -0.05) is 52.4 Å². The Morgan fingerprint density at radius 3 is 2.25 bits per heavy atom. The fourth-order valence-corrected chi connectivity index (χ4v) is 2.58. The van der Waals surface area contributed by atoms with Crippen LogP contribution in [0.3, 0.4) is 0 Å². The van der Waals surface area contributed by atoms with E-state index in [0.29, 0.717) is 25.2 Å². The molecular formula is C17H32O3. The number of esters is 1. The van der Waals surface area contributed by atoms with E-state index >= 15 is 0 Å². The van der Waals surface area contributed by atoms with Gasteiger partial charge >= 0.3 is 5.97 Å². The number of unbranched alkanes of at least 4 members (excludes halogenated alkanes) is 5. The molecule has 3 nitrogen and oxygen atoms in total. The van der Waals surface area contributed by atoms with Gasteiger partial charge in [0, 0.05) is 6.42 Å². The van der Waals surface area contributed by atoms with Crippen LogP contribution in [0, 0.1) is 0 Å². The van der Waals surface area contributed by atoms with Crippen LogP contribution in [0.1, 0.15) is 84.5 Å². The lowest BCUT2D eigenvalue weighted by Gasteiger charge is -2.03. The fourth-order valence-electron chi connectivity index (χ4n) is 2.58. The molecule has 0 bridgehead atoms. The molecule has 1 aliphatic rings. The van der Waals surface area contributed by atoms with Gasteiger partial charge in [0.2, 0.25) is 0 Å². The van der Waals surface area contributed by atoms with Crippen LogP contribution in [0.15, 0.2) is 0 Å². The summed E-state index contributed by atoms with van der Waals surface area (Å²) in [4.78, 5) is 11.3. The topological polar surface area (TPSA) is 38.8 Å². The molecule has 0 aromatic rings. The minimum atomic E-state index is -0.0281. The minimum Gasteiger partial charge on any atom is -0.466 e. The third-order valence-corrected chi connectivity index (χ3v) is 3.85. The van der Waals surface area contributed by atoms with Gasteiger partial charge in [-0.2, -0.15) is 0 Å². The molecule has 2 atom stereocenters. The van der Waals surface area contributed by atoms with Crippen LogP contribution in [0.25, 0.3) is 0 Å². The predicted octanol–water partition coefficient (Wildman–Crippen LogP) is 4.63. The van der Waals surface area contributed by atoms with Gasteiger partial charge in [-0.15, -0.1) is 0 Å². The summed E-state index contributed by atoms with van der Waals surface area (Å²) >= 11 is 0. The lowest BCUT2D eigenvalue weighted by atomic mass is 10.1. The molecule has 0 aliphatic carbocycles. The second-order valence-electron chi connectivity index (χ2n) is 5.88. The molecule has 118 valence electrons. The molecule has 0 aromatic heterocycles. The molecule has 1 saturated heterocycles. The van der Waals surface area contributed by atoms with E-state index in [2.05, 4.69) is 6.92 Å². The van der Waals surface area contributed by atoms with Gasteiger partial charge in [-0.05, 0) is 25.7 Å². The molecule has 1 aliphatic heterocycles. The minimum absolute atomic E-state index is 0.0281. The van der Waals surface area contributed by atoms with E-state index in [1.165, 1.54) is 44.9 Å².